The van der Waals surface area contributed by atoms with Crippen molar-refractivity contribution in [3.05, 3.63) is 24.3 Å². The second-order valence-electron chi connectivity index (χ2n) is 3.73. The summed E-state index contributed by atoms with van der Waals surface area (Å²) in [5.41, 5.74) is 8.85. The Morgan fingerprint density at radius 1 is 1.58 bits per heavy atom. The van der Waals surface area contributed by atoms with Gasteiger partial charge in [0, 0.05) is 19.7 Å². The van der Waals surface area contributed by atoms with Crippen LogP contribution in [0.25, 0.3) is 0 Å². The minimum atomic E-state index is -0.410. The first-order chi connectivity index (χ1) is 8.95. The van der Waals surface area contributed by atoms with Crippen LogP contribution in [-0.4, -0.2) is 24.5 Å². The molecule has 0 aromatic heterocycles. The summed E-state index contributed by atoms with van der Waals surface area (Å²) in [6.45, 7) is 1.46. The van der Waals surface area contributed by atoms with Crippen molar-refractivity contribution in [2.45, 2.75) is 6.92 Å². The van der Waals surface area contributed by atoms with Crippen molar-refractivity contribution in [3.63, 3.8) is 0 Å². The molecule has 0 aliphatic carbocycles. The average molecular weight is 258 g/mol. The predicted octanol–water partition coefficient (Wildman–Crippen LogP) is 0.897. The van der Waals surface area contributed by atoms with E-state index in [1.165, 1.54) is 11.8 Å². The van der Waals surface area contributed by atoms with Crippen LogP contribution in [0, 0.1) is 16.7 Å². The molecule has 0 aliphatic heterocycles. The number of hydrogen-bond acceptors (Lipinski definition) is 5. The summed E-state index contributed by atoms with van der Waals surface area (Å²) < 4.78 is 0. The third-order valence-corrected chi connectivity index (χ3v) is 2.36. The monoisotopic (exact) mass is 258 g/mol. The number of carbonyl (C=O) groups is 1. The van der Waals surface area contributed by atoms with Crippen molar-refractivity contribution >= 4 is 28.8 Å². The van der Waals surface area contributed by atoms with Gasteiger partial charge in [-0.2, -0.15) is 10.4 Å². The van der Waals surface area contributed by atoms with E-state index in [-0.39, 0.29) is 11.6 Å². The first kappa shape index (κ1) is 14.2. The molecule has 0 bridgehead atoms. The standard InChI is InChI=1S/C12H14N6O/c1-8(19)18(2)10-5-3-4-9(6-10)16-17-11(7-13)12(14)15/h3-6,16H,1-2H3,(H3,14,15)/b17-11+. The highest BCUT2D eigenvalue weighted by molar-refractivity contribution is 6.45. The molecule has 0 heterocycles. The van der Waals surface area contributed by atoms with E-state index in [2.05, 4.69) is 10.5 Å². The van der Waals surface area contributed by atoms with Crippen molar-refractivity contribution in [3.8, 4) is 6.07 Å². The molecular formula is C12H14N6O. The van der Waals surface area contributed by atoms with E-state index in [1.54, 1.807) is 37.4 Å². The number of nitrogens with one attached hydrogen (secondary N) is 2. The summed E-state index contributed by atoms with van der Waals surface area (Å²) in [5.74, 6) is -0.505. The Kier molecular flexibility index (Phi) is 4.60. The predicted molar refractivity (Wildman–Crippen MR) is 74.1 cm³/mol. The molecule has 98 valence electrons. The maximum atomic E-state index is 11.2. The molecule has 0 unspecified atom stereocenters. The average Bonchev–Trinajstić information content (AvgIpc) is 2.38. The van der Waals surface area contributed by atoms with Gasteiger partial charge in [-0.05, 0) is 18.2 Å². The van der Waals surface area contributed by atoms with Crippen LogP contribution < -0.4 is 16.1 Å². The highest BCUT2D eigenvalue weighted by Crippen LogP contribution is 2.18. The van der Waals surface area contributed by atoms with Crippen LogP contribution in [0.5, 0.6) is 0 Å². The Labute approximate surface area is 110 Å². The van der Waals surface area contributed by atoms with Gasteiger partial charge in [-0.3, -0.25) is 15.6 Å². The number of benzene rings is 1. The Balaban J connectivity index is 2.93. The van der Waals surface area contributed by atoms with Crippen LogP contribution in [-0.2, 0) is 4.79 Å². The molecule has 0 saturated heterocycles. The van der Waals surface area contributed by atoms with Gasteiger partial charge in [-0.15, -0.1) is 0 Å². The Morgan fingerprint density at radius 3 is 2.79 bits per heavy atom. The summed E-state index contributed by atoms with van der Waals surface area (Å²) in [4.78, 5) is 12.7. The van der Waals surface area contributed by atoms with E-state index in [0.717, 1.165) is 0 Å². The number of hydrazone groups is 1. The number of carbonyl (C=O) groups excluding carboxylic acids is 1. The lowest BCUT2D eigenvalue weighted by atomic mass is 10.2. The third kappa shape index (κ3) is 3.81. The molecule has 0 spiro atoms. The summed E-state index contributed by atoms with van der Waals surface area (Å²) in [6.07, 6.45) is 0. The molecular weight excluding hydrogens is 244 g/mol. The molecule has 1 aromatic carbocycles. The number of amides is 1. The van der Waals surface area contributed by atoms with Gasteiger partial charge in [-0.1, -0.05) is 6.07 Å². The molecule has 0 aliphatic rings. The van der Waals surface area contributed by atoms with Crippen molar-refractivity contribution in [2.24, 2.45) is 10.8 Å². The number of anilines is 2. The lowest BCUT2D eigenvalue weighted by molar-refractivity contribution is -0.116. The Morgan fingerprint density at radius 2 is 2.26 bits per heavy atom. The molecule has 0 radical (unpaired) electrons. The van der Waals surface area contributed by atoms with Gasteiger partial charge in [0.25, 0.3) is 0 Å². The lowest BCUT2D eigenvalue weighted by Gasteiger charge is -2.15. The zero-order valence-corrected chi connectivity index (χ0v) is 10.6. The van der Waals surface area contributed by atoms with Crippen LogP contribution in [0.2, 0.25) is 0 Å². The second kappa shape index (κ2) is 6.16. The second-order valence-corrected chi connectivity index (χ2v) is 3.73. The highest BCUT2D eigenvalue weighted by atomic mass is 16.2. The molecule has 4 N–H and O–H groups in total. The van der Waals surface area contributed by atoms with Crippen LogP contribution in [0.1, 0.15) is 6.92 Å². The summed E-state index contributed by atoms with van der Waals surface area (Å²) in [5, 5.41) is 19.5. The maximum absolute atomic E-state index is 11.2. The van der Waals surface area contributed by atoms with E-state index in [9.17, 15) is 4.79 Å². The van der Waals surface area contributed by atoms with E-state index in [0.29, 0.717) is 11.4 Å². The fraction of sp³-hybridized carbons (Fsp3) is 0.167. The summed E-state index contributed by atoms with van der Waals surface area (Å²) in [6, 6.07) is 8.63. The minimum Gasteiger partial charge on any atom is -0.382 e. The van der Waals surface area contributed by atoms with Gasteiger partial charge in [0.05, 0.1) is 5.69 Å². The highest BCUT2D eigenvalue weighted by Gasteiger charge is 2.06. The zero-order chi connectivity index (χ0) is 14.4. The van der Waals surface area contributed by atoms with Crippen LogP contribution in [0.4, 0.5) is 11.4 Å². The normalized spacial score (nSPS) is 10.5. The number of rotatable bonds is 4. The third-order valence-electron chi connectivity index (χ3n) is 2.36. The fourth-order valence-electron chi connectivity index (χ4n) is 1.23. The quantitative estimate of drug-likeness (QED) is 0.422. The van der Waals surface area contributed by atoms with Crippen LogP contribution in [0.15, 0.2) is 29.4 Å². The topological polar surface area (TPSA) is 118 Å². The summed E-state index contributed by atoms with van der Waals surface area (Å²) >= 11 is 0. The van der Waals surface area contributed by atoms with Gasteiger partial charge in [-0.25, -0.2) is 0 Å². The molecule has 0 atom stereocenters. The number of nitrogens with two attached hydrogens (primary N) is 1. The molecule has 1 amide bonds. The molecule has 0 saturated carbocycles. The first-order valence-electron chi connectivity index (χ1n) is 5.38. The Hall–Kier alpha value is -2.88. The van der Waals surface area contributed by atoms with Crippen molar-refractivity contribution < 1.29 is 4.79 Å². The molecule has 1 rings (SSSR count). The lowest BCUT2D eigenvalue weighted by Crippen LogP contribution is -2.23. The molecule has 19 heavy (non-hydrogen) atoms. The fourth-order valence-corrected chi connectivity index (χ4v) is 1.23. The van der Waals surface area contributed by atoms with E-state index < -0.39 is 5.84 Å². The number of hydrogen-bond donors (Lipinski definition) is 3. The number of nitriles is 1. The summed E-state index contributed by atoms with van der Waals surface area (Å²) in [7, 11) is 1.65. The number of nitrogens with zero attached hydrogens (tertiary/aromatic N) is 3. The van der Waals surface area contributed by atoms with Crippen LogP contribution in [0.3, 0.4) is 0 Å². The van der Waals surface area contributed by atoms with Gasteiger partial charge in [0.1, 0.15) is 6.07 Å². The molecule has 0 fully saturated rings. The molecule has 1 aromatic rings. The van der Waals surface area contributed by atoms with Gasteiger partial charge in [0.15, 0.2) is 5.84 Å². The van der Waals surface area contributed by atoms with Gasteiger partial charge < -0.3 is 10.6 Å². The minimum absolute atomic E-state index is 0.0953. The van der Waals surface area contributed by atoms with E-state index in [1.807, 2.05) is 0 Å². The SMILES string of the molecule is CC(=O)N(C)c1cccc(N/N=C(\C#N)C(=N)N)c1. The van der Waals surface area contributed by atoms with Gasteiger partial charge in [0.2, 0.25) is 11.6 Å². The van der Waals surface area contributed by atoms with Crippen molar-refractivity contribution in [1.29, 1.82) is 10.7 Å². The maximum Gasteiger partial charge on any atom is 0.223 e. The van der Waals surface area contributed by atoms with E-state index in [4.69, 9.17) is 16.4 Å². The Bertz CT molecular complexity index is 572. The number of amidine groups is 1. The zero-order valence-electron chi connectivity index (χ0n) is 10.6. The first-order valence-corrected chi connectivity index (χ1v) is 5.38. The van der Waals surface area contributed by atoms with Crippen molar-refractivity contribution in [2.75, 3.05) is 17.4 Å². The smallest absolute Gasteiger partial charge is 0.223 e. The van der Waals surface area contributed by atoms with Crippen molar-refractivity contribution in [1.82, 2.24) is 0 Å². The van der Waals surface area contributed by atoms with E-state index >= 15 is 0 Å². The van der Waals surface area contributed by atoms with Crippen LogP contribution >= 0.6 is 0 Å². The largest absolute Gasteiger partial charge is 0.382 e. The van der Waals surface area contributed by atoms with Gasteiger partial charge >= 0.3 is 0 Å². The molecule has 7 heteroatoms. The molecule has 7 nitrogen and oxygen atoms in total.